The minimum absolute atomic E-state index is 0.00765. The molecule has 0 bridgehead atoms. The molecule has 0 saturated carbocycles. The molecule has 0 amide bonds. The lowest BCUT2D eigenvalue weighted by molar-refractivity contribution is -0.153. The molecule has 0 radical (unpaired) electrons. The van der Waals surface area contributed by atoms with Crippen LogP contribution in [0.5, 0.6) is 0 Å². The second-order valence-corrected chi connectivity index (χ2v) is 3.18. The van der Waals surface area contributed by atoms with Crippen molar-refractivity contribution in [3.63, 3.8) is 0 Å². The zero-order chi connectivity index (χ0) is 11.6. The van der Waals surface area contributed by atoms with Crippen LogP contribution in [0.25, 0.3) is 0 Å². The fourth-order valence-electron chi connectivity index (χ4n) is 0.927. The van der Waals surface area contributed by atoms with E-state index in [1.807, 2.05) is 0 Å². The van der Waals surface area contributed by atoms with Gasteiger partial charge in [-0.1, -0.05) is 11.6 Å². The van der Waals surface area contributed by atoms with Gasteiger partial charge in [-0.25, -0.2) is 9.18 Å². The molecule has 0 saturated heterocycles. The van der Waals surface area contributed by atoms with Gasteiger partial charge in [-0.05, 0) is 6.07 Å². The van der Waals surface area contributed by atoms with Crippen LogP contribution in [0.2, 0.25) is 5.02 Å². The number of rotatable bonds is 3. The van der Waals surface area contributed by atoms with Crippen LogP contribution < -0.4 is 0 Å². The molecule has 1 heterocycles. The number of hydrogen-bond acceptors (Lipinski definition) is 4. The highest BCUT2D eigenvalue weighted by atomic mass is 35.5. The van der Waals surface area contributed by atoms with Gasteiger partial charge >= 0.3 is 5.97 Å². The first-order valence-corrected chi connectivity index (χ1v) is 4.21. The number of aliphatic carboxylic acids is 1. The Morgan fingerprint density at radius 3 is 2.60 bits per heavy atom. The summed E-state index contributed by atoms with van der Waals surface area (Å²) >= 11 is 5.40. The van der Waals surface area contributed by atoms with Gasteiger partial charge in [0.05, 0.1) is 5.02 Å². The van der Waals surface area contributed by atoms with Gasteiger partial charge in [-0.2, -0.15) is 0 Å². The summed E-state index contributed by atoms with van der Waals surface area (Å²) in [5, 5.41) is 26.6. The van der Waals surface area contributed by atoms with E-state index < -0.39 is 29.7 Å². The van der Waals surface area contributed by atoms with Gasteiger partial charge in [0.25, 0.3) is 0 Å². The van der Waals surface area contributed by atoms with Crippen molar-refractivity contribution in [3.8, 4) is 0 Å². The molecule has 0 aliphatic heterocycles. The van der Waals surface area contributed by atoms with E-state index in [0.29, 0.717) is 0 Å². The standard InChI is InChI=1S/C8H7ClFNO4/c9-3-1-4(10)5(11-2-3)6(12)7(13)8(14)15/h1-2,6-7,12-13H,(H,14,15). The average molecular weight is 236 g/mol. The molecular weight excluding hydrogens is 229 g/mol. The molecular formula is C8H7ClFNO4. The summed E-state index contributed by atoms with van der Waals surface area (Å²) in [6, 6.07) is 0.863. The van der Waals surface area contributed by atoms with Crippen molar-refractivity contribution in [1.29, 1.82) is 0 Å². The van der Waals surface area contributed by atoms with Crippen LogP contribution in [0.4, 0.5) is 4.39 Å². The first kappa shape index (κ1) is 11.8. The Morgan fingerprint density at radius 2 is 2.13 bits per heavy atom. The van der Waals surface area contributed by atoms with Crippen LogP contribution in [0, 0.1) is 5.82 Å². The number of nitrogens with zero attached hydrogens (tertiary/aromatic N) is 1. The van der Waals surface area contributed by atoms with Crippen molar-refractivity contribution >= 4 is 17.6 Å². The maximum absolute atomic E-state index is 13.1. The Hall–Kier alpha value is -1.24. The summed E-state index contributed by atoms with van der Waals surface area (Å²) in [7, 11) is 0. The van der Waals surface area contributed by atoms with Crippen molar-refractivity contribution < 1.29 is 24.5 Å². The van der Waals surface area contributed by atoms with Crippen molar-refractivity contribution in [2.45, 2.75) is 12.2 Å². The predicted molar refractivity (Wildman–Crippen MR) is 47.8 cm³/mol. The number of carbonyl (C=O) groups is 1. The van der Waals surface area contributed by atoms with E-state index in [-0.39, 0.29) is 5.02 Å². The summed E-state index contributed by atoms with van der Waals surface area (Å²) in [5.74, 6) is -2.64. The first-order valence-electron chi connectivity index (χ1n) is 3.83. The number of aliphatic hydroxyl groups excluding tert-OH is 2. The van der Waals surface area contributed by atoms with E-state index in [1.165, 1.54) is 0 Å². The minimum atomic E-state index is -2.13. The van der Waals surface area contributed by atoms with E-state index in [9.17, 15) is 14.3 Å². The highest BCUT2D eigenvalue weighted by molar-refractivity contribution is 6.30. The number of pyridine rings is 1. The number of hydrogen-bond donors (Lipinski definition) is 3. The third-order valence-corrected chi connectivity index (χ3v) is 1.88. The van der Waals surface area contributed by atoms with Crippen LogP contribution in [0.1, 0.15) is 11.8 Å². The summed E-state index contributed by atoms with van der Waals surface area (Å²) in [4.78, 5) is 13.7. The molecule has 7 heteroatoms. The van der Waals surface area contributed by atoms with Crippen LogP contribution >= 0.6 is 11.6 Å². The normalized spacial score (nSPS) is 14.7. The number of carboxylic acids is 1. The molecule has 0 fully saturated rings. The summed E-state index contributed by atoms with van der Waals surface area (Å²) in [6.45, 7) is 0. The van der Waals surface area contributed by atoms with Crippen LogP contribution in [0.3, 0.4) is 0 Å². The fraction of sp³-hybridized carbons (Fsp3) is 0.250. The Kier molecular flexibility index (Phi) is 3.57. The topological polar surface area (TPSA) is 90.7 Å². The van der Waals surface area contributed by atoms with Crippen molar-refractivity contribution in [2.24, 2.45) is 0 Å². The average Bonchev–Trinajstić information content (AvgIpc) is 2.15. The predicted octanol–water partition coefficient (Wildman–Crippen LogP) is 0.353. The second-order valence-electron chi connectivity index (χ2n) is 2.75. The molecule has 15 heavy (non-hydrogen) atoms. The zero-order valence-corrected chi connectivity index (χ0v) is 8.02. The van der Waals surface area contributed by atoms with Crippen LogP contribution in [-0.4, -0.2) is 32.4 Å². The first-order chi connectivity index (χ1) is 6.93. The molecule has 2 atom stereocenters. The van der Waals surface area contributed by atoms with E-state index in [2.05, 4.69) is 4.98 Å². The Labute approximate surface area is 88.8 Å². The molecule has 5 nitrogen and oxygen atoms in total. The third kappa shape index (κ3) is 2.62. The molecule has 0 spiro atoms. The highest BCUT2D eigenvalue weighted by Gasteiger charge is 2.28. The molecule has 0 aromatic carbocycles. The zero-order valence-electron chi connectivity index (χ0n) is 7.26. The van der Waals surface area contributed by atoms with E-state index >= 15 is 0 Å². The van der Waals surface area contributed by atoms with Gasteiger partial charge in [-0.3, -0.25) is 4.98 Å². The smallest absolute Gasteiger partial charge is 0.335 e. The fourth-order valence-corrected chi connectivity index (χ4v) is 1.07. The molecule has 2 unspecified atom stereocenters. The Balaban J connectivity index is 3.01. The van der Waals surface area contributed by atoms with Crippen molar-refractivity contribution in [1.82, 2.24) is 4.98 Å². The van der Waals surface area contributed by atoms with Gasteiger partial charge in [0.1, 0.15) is 17.6 Å². The monoisotopic (exact) mass is 235 g/mol. The van der Waals surface area contributed by atoms with E-state index in [0.717, 1.165) is 12.3 Å². The van der Waals surface area contributed by atoms with E-state index in [1.54, 1.807) is 0 Å². The lowest BCUT2D eigenvalue weighted by Crippen LogP contribution is -2.28. The minimum Gasteiger partial charge on any atom is -0.479 e. The molecule has 0 aliphatic rings. The SMILES string of the molecule is O=C(O)C(O)C(O)c1ncc(Cl)cc1F. The largest absolute Gasteiger partial charge is 0.479 e. The van der Waals surface area contributed by atoms with Gasteiger partial charge in [0.15, 0.2) is 6.10 Å². The Bertz CT molecular complexity index is 387. The van der Waals surface area contributed by atoms with Crippen LogP contribution in [-0.2, 0) is 4.79 Å². The van der Waals surface area contributed by atoms with Crippen LogP contribution in [0.15, 0.2) is 12.3 Å². The maximum atomic E-state index is 13.1. The summed E-state index contributed by atoms with van der Waals surface area (Å²) in [6.07, 6.45) is -3.02. The molecule has 1 rings (SSSR count). The summed E-state index contributed by atoms with van der Waals surface area (Å²) < 4.78 is 13.1. The second kappa shape index (κ2) is 4.52. The van der Waals surface area contributed by atoms with Gasteiger partial charge < -0.3 is 15.3 Å². The third-order valence-electron chi connectivity index (χ3n) is 1.67. The number of aliphatic hydroxyl groups is 2. The van der Waals surface area contributed by atoms with Gasteiger partial charge in [0, 0.05) is 6.20 Å². The van der Waals surface area contributed by atoms with Crippen molar-refractivity contribution in [2.75, 3.05) is 0 Å². The number of aromatic nitrogens is 1. The molecule has 3 N–H and O–H groups in total. The number of carboxylic acid groups (broad SMARTS) is 1. The van der Waals surface area contributed by atoms with E-state index in [4.69, 9.17) is 21.8 Å². The lowest BCUT2D eigenvalue weighted by atomic mass is 10.1. The summed E-state index contributed by atoms with van der Waals surface area (Å²) in [5.41, 5.74) is -0.561. The van der Waals surface area contributed by atoms with Gasteiger partial charge in [-0.15, -0.1) is 0 Å². The number of halogens is 2. The highest BCUT2D eigenvalue weighted by Crippen LogP contribution is 2.20. The quantitative estimate of drug-likeness (QED) is 0.703. The maximum Gasteiger partial charge on any atom is 0.335 e. The van der Waals surface area contributed by atoms with Gasteiger partial charge in [0.2, 0.25) is 0 Å². The van der Waals surface area contributed by atoms with Crippen molar-refractivity contribution in [3.05, 3.63) is 28.8 Å². The molecule has 1 aromatic rings. The molecule has 0 aliphatic carbocycles. The molecule has 1 aromatic heterocycles. The Morgan fingerprint density at radius 1 is 1.53 bits per heavy atom. The lowest BCUT2D eigenvalue weighted by Gasteiger charge is -2.13. The molecule has 82 valence electrons.